The molecule has 25 heavy (non-hydrogen) atoms. The summed E-state index contributed by atoms with van der Waals surface area (Å²) in [6, 6.07) is 10.9. The van der Waals surface area contributed by atoms with Gasteiger partial charge in [0.2, 0.25) is 0 Å². The molecule has 3 saturated heterocycles. The Balaban J connectivity index is 1.18. The van der Waals surface area contributed by atoms with Crippen molar-refractivity contribution in [1.29, 1.82) is 0 Å². The topological polar surface area (TPSA) is 21.8 Å². The Kier molecular flexibility index (Phi) is 5.71. The number of rotatable bonds is 5. The van der Waals surface area contributed by atoms with Crippen LogP contribution in [0.2, 0.25) is 0 Å². The summed E-state index contributed by atoms with van der Waals surface area (Å²) in [6.45, 7) is 13.6. The van der Waals surface area contributed by atoms with Gasteiger partial charge in [0.15, 0.2) is 0 Å². The van der Waals surface area contributed by atoms with E-state index in [1.807, 2.05) is 0 Å². The molecule has 0 bridgehead atoms. The molecular formula is C21H34N4. The molecule has 1 spiro atoms. The van der Waals surface area contributed by atoms with Gasteiger partial charge in [-0.2, -0.15) is 0 Å². The summed E-state index contributed by atoms with van der Waals surface area (Å²) >= 11 is 0. The molecule has 1 aromatic rings. The van der Waals surface area contributed by atoms with Crippen LogP contribution in [0.5, 0.6) is 0 Å². The minimum atomic E-state index is 0.604. The Hall–Kier alpha value is -0.940. The summed E-state index contributed by atoms with van der Waals surface area (Å²) in [7, 11) is 0. The molecule has 3 heterocycles. The number of hydrogen-bond acceptors (Lipinski definition) is 4. The Bertz CT molecular complexity index is 518. The smallest absolute Gasteiger partial charge is 0.0234 e. The van der Waals surface area contributed by atoms with Gasteiger partial charge in [-0.05, 0) is 43.3 Å². The van der Waals surface area contributed by atoms with Crippen molar-refractivity contribution in [2.75, 3.05) is 65.4 Å². The fourth-order valence-electron chi connectivity index (χ4n) is 4.94. The van der Waals surface area contributed by atoms with Crippen molar-refractivity contribution in [1.82, 2.24) is 20.0 Å². The lowest BCUT2D eigenvalue weighted by Gasteiger charge is -2.41. The van der Waals surface area contributed by atoms with E-state index in [4.69, 9.17) is 0 Å². The molecule has 4 heteroatoms. The third-order valence-electron chi connectivity index (χ3n) is 6.52. The van der Waals surface area contributed by atoms with Crippen LogP contribution in [0.1, 0.15) is 24.8 Å². The summed E-state index contributed by atoms with van der Waals surface area (Å²) in [5.41, 5.74) is 2.05. The normalized spacial score (nSPS) is 29.4. The van der Waals surface area contributed by atoms with Crippen LogP contribution in [0.4, 0.5) is 0 Å². The molecule has 3 fully saturated rings. The maximum Gasteiger partial charge on any atom is 0.0234 e. The van der Waals surface area contributed by atoms with E-state index in [0.29, 0.717) is 5.41 Å². The minimum Gasteiger partial charge on any atom is -0.316 e. The Morgan fingerprint density at radius 1 is 0.840 bits per heavy atom. The first kappa shape index (κ1) is 17.5. The highest BCUT2D eigenvalue weighted by Crippen LogP contribution is 2.35. The van der Waals surface area contributed by atoms with Crippen molar-refractivity contribution in [3.05, 3.63) is 35.9 Å². The summed E-state index contributed by atoms with van der Waals surface area (Å²) in [5, 5.41) is 3.59. The van der Waals surface area contributed by atoms with Crippen molar-refractivity contribution < 1.29 is 0 Å². The summed E-state index contributed by atoms with van der Waals surface area (Å²) in [4.78, 5) is 8.02. The molecule has 1 N–H and O–H groups in total. The fourth-order valence-corrected chi connectivity index (χ4v) is 4.94. The van der Waals surface area contributed by atoms with Crippen LogP contribution in [0.3, 0.4) is 0 Å². The van der Waals surface area contributed by atoms with Gasteiger partial charge >= 0.3 is 0 Å². The minimum absolute atomic E-state index is 0.604. The number of piperidine rings is 1. The molecule has 0 amide bonds. The van der Waals surface area contributed by atoms with Gasteiger partial charge in [0, 0.05) is 58.9 Å². The molecule has 1 atom stereocenters. The van der Waals surface area contributed by atoms with Gasteiger partial charge in [-0.3, -0.25) is 9.80 Å². The maximum atomic E-state index is 3.59. The van der Waals surface area contributed by atoms with Gasteiger partial charge in [-0.25, -0.2) is 0 Å². The molecule has 1 aromatic carbocycles. The molecule has 138 valence electrons. The second kappa shape index (κ2) is 8.17. The van der Waals surface area contributed by atoms with E-state index in [1.54, 1.807) is 0 Å². The first-order valence-corrected chi connectivity index (χ1v) is 10.2. The van der Waals surface area contributed by atoms with Gasteiger partial charge in [-0.15, -0.1) is 0 Å². The van der Waals surface area contributed by atoms with E-state index in [0.717, 1.165) is 6.54 Å². The predicted molar refractivity (Wildman–Crippen MR) is 104 cm³/mol. The maximum absolute atomic E-state index is 3.59. The van der Waals surface area contributed by atoms with Crippen LogP contribution in [0.25, 0.3) is 0 Å². The first-order chi connectivity index (χ1) is 12.3. The third-order valence-corrected chi connectivity index (χ3v) is 6.52. The van der Waals surface area contributed by atoms with E-state index in [9.17, 15) is 0 Å². The average molecular weight is 343 g/mol. The van der Waals surface area contributed by atoms with Crippen molar-refractivity contribution in [3.63, 3.8) is 0 Å². The van der Waals surface area contributed by atoms with Crippen LogP contribution in [-0.2, 0) is 6.54 Å². The van der Waals surface area contributed by atoms with Crippen LogP contribution < -0.4 is 5.32 Å². The Labute approximate surface area is 153 Å². The van der Waals surface area contributed by atoms with E-state index < -0.39 is 0 Å². The van der Waals surface area contributed by atoms with Crippen molar-refractivity contribution in [3.8, 4) is 0 Å². The van der Waals surface area contributed by atoms with E-state index in [-0.39, 0.29) is 0 Å². The van der Waals surface area contributed by atoms with E-state index in [1.165, 1.54) is 90.3 Å². The standard InChI is InChI=1S/C21H34N4/c1-2-5-20(6-3-1)17-24-14-11-23(12-15-24)13-16-25-10-4-7-21(19-25)8-9-22-18-21/h1-3,5-6,22H,4,7-19H2. The molecule has 0 aromatic heterocycles. The Morgan fingerprint density at radius 3 is 2.36 bits per heavy atom. The molecule has 4 nitrogen and oxygen atoms in total. The average Bonchev–Trinajstić information content (AvgIpc) is 3.10. The first-order valence-electron chi connectivity index (χ1n) is 10.2. The summed E-state index contributed by atoms with van der Waals surface area (Å²) in [5.74, 6) is 0. The van der Waals surface area contributed by atoms with Gasteiger partial charge in [0.1, 0.15) is 0 Å². The summed E-state index contributed by atoms with van der Waals surface area (Å²) < 4.78 is 0. The van der Waals surface area contributed by atoms with Gasteiger partial charge < -0.3 is 10.2 Å². The zero-order valence-electron chi connectivity index (χ0n) is 15.6. The largest absolute Gasteiger partial charge is 0.316 e. The highest BCUT2D eigenvalue weighted by atomic mass is 15.3. The monoisotopic (exact) mass is 342 g/mol. The number of likely N-dealkylation sites (tertiary alicyclic amines) is 1. The second-order valence-corrected chi connectivity index (χ2v) is 8.41. The quantitative estimate of drug-likeness (QED) is 0.882. The number of piperazine rings is 1. The van der Waals surface area contributed by atoms with Gasteiger partial charge in [0.05, 0.1) is 0 Å². The second-order valence-electron chi connectivity index (χ2n) is 8.41. The SMILES string of the molecule is c1ccc(CN2CCN(CCN3CCCC4(CCNC4)C3)CC2)cc1. The number of nitrogens with zero attached hydrogens (tertiary/aromatic N) is 3. The summed E-state index contributed by atoms with van der Waals surface area (Å²) in [6.07, 6.45) is 4.23. The lowest BCUT2D eigenvalue weighted by atomic mass is 9.79. The lowest BCUT2D eigenvalue weighted by Crippen LogP contribution is -2.50. The fraction of sp³-hybridized carbons (Fsp3) is 0.714. The highest BCUT2D eigenvalue weighted by Gasteiger charge is 2.37. The van der Waals surface area contributed by atoms with Gasteiger partial charge in [0.25, 0.3) is 0 Å². The molecule has 0 saturated carbocycles. The number of hydrogen-bond donors (Lipinski definition) is 1. The molecule has 3 aliphatic heterocycles. The van der Waals surface area contributed by atoms with Crippen LogP contribution >= 0.6 is 0 Å². The molecule has 4 rings (SSSR count). The van der Waals surface area contributed by atoms with E-state index >= 15 is 0 Å². The zero-order valence-corrected chi connectivity index (χ0v) is 15.6. The van der Waals surface area contributed by atoms with Crippen LogP contribution in [0, 0.1) is 5.41 Å². The number of benzene rings is 1. The molecule has 1 unspecified atom stereocenters. The lowest BCUT2D eigenvalue weighted by molar-refractivity contribution is 0.0758. The van der Waals surface area contributed by atoms with Crippen LogP contribution in [0.15, 0.2) is 30.3 Å². The third kappa shape index (κ3) is 4.62. The predicted octanol–water partition coefficient (Wildman–Crippen LogP) is 1.88. The zero-order chi connectivity index (χ0) is 17.0. The molecule has 0 radical (unpaired) electrons. The van der Waals surface area contributed by atoms with Crippen molar-refractivity contribution >= 4 is 0 Å². The van der Waals surface area contributed by atoms with Crippen molar-refractivity contribution in [2.24, 2.45) is 5.41 Å². The number of nitrogens with one attached hydrogen (secondary N) is 1. The Morgan fingerprint density at radius 2 is 1.60 bits per heavy atom. The van der Waals surface area contributed by atoms with E-state index in [2.05, 4.69) is 50.3 Å². The molecular weight excluding hydrogens is 308 g/mol. The molecule has 3 aliphatic rings. The van der Waals surface area contributed by atoms with Crippen LogP contribution in [-0.4, -0.2) is 80.1 Å². The van der Waals surface area contributed by atoms with Gasteiger partial charge in [-0.1, -0.05) is 30.3 Å². The molecule has 0 aliphatic carbocycles. The van der Waals surface area contributed by atoms with Crippen molar-refractivity contribution in [2.45, 2.75) is 25.8 Å². The highest BCUT2D eigenvalue weighted by molar-refractivity contribution is 5.14.